The van der Waals surface area contributed by atoms with Gasteiger partial charge in [0.05, 0.1) is 14.2 Å². The zero-order valence-electron chi connectivity index (χ0n) is 17.0. The van der Waals surface area contributed by atoms with Gasteiger partial charge < -0.3 is 14.4 Å². The summed E-state index contributed by atoms with van der Waals surface area (Å²) in [6, 6.07) is 25.1. The largest absolute Gasteiger partial charge is 0.497 e. The average molecular weight is 421 g/mol. The van der Waals surface area contributed by atoms with Crippen LogP contribution in [0.25, 0.3) is 0 Å². The minimum atomic E-state index is -0.316. The van der Waals surface area contributed by atoms with E-state index in [1.165, 1.54) is 0 Å². The van der Waals surface area contributed by atoms with Gasteiger partial charge in [-0.3, -0.25) is 10.1 Å². The molecule has 0 fully saturated rings. The lowest BCUT2D eigenvalue weighted by molar-refractivity contribution is 0.0972. The topological polar surface area (TPSA) is 50.8 Å². The van der Waals surface area contributed by atoms with Crippen LogP contribution in [0.2, 0.25) is 0 Å². The van der Waals surface area contributed by atoms with Crippen LogP contribution in [0.5, 0.6) is 11.5 Å². The van der Waals surface area contributed by atoms with E-state index in [0.717, 1.165) is 11.1 Å². The highest BCUT2D eigenvalue weighted by Gasteiger charge is 2.16. The second-order valence-electron chi connectivity index (χ2n) is 6.69. The summed E-state index contributed by atoms with van der Waals surface area (Å²) in [7, 11) is 3.09. The van der Waals surface area contributed by atoms with E-state index in [4.69, 9.17) is 21.7 Å². The van der Waals surface area contributed by atoms with Gasteiger partial charge in [-0.05, 0) is 35.5 Å². The average Bonchev–Trinajstić information content (AvgIpc) is 2.79. The highest BCUT2D eigenvalue weighted by atomic mass is 32.1. The van der Waals surface area contributed by atoms with E-state index >= 15 is 0 Å². The van der Waals surface area contributed by atoms with E-state index in [2.05, 4.69) is 5.32 Å². The number of methoxy groups -OCH3 is 2. The summed E-state index contributed by atoms with van der Waals surface area (Å²) < 4.78 is 10.5. The molecule has 0 bridgehead atoms. The van der Waals surface area contributed by atoms with Crippen molar-refractivity contribution in [1.82, 2.24) is 10.2 Å². The third kappa shape index (κ3) is 5.81. The van der Waals surface area contributed by atoms with Crippen molar-refractivity contribution in [2.45, 2.75) is 13.1 Å². The summed E-state index contributed by atoms with van der Waals surface area (Å²) >= 11 is 5.60. The van der Waals surface area contributed by atoms with E-state index in [9.17, 15) is 4.79 Å². The van der Waals surface area contributed by atoms with Crippen LogP contribution in [0.3, 0.4) is 0 Å². The van der Waals surface area contributed by atoms with E-state index in [1.54, 1.807) is 32.4 Å². The Kier molecular flexibility index (Phi) is 7.40. The van der Waals surface area contributed by atoms with Crippen LogP contribution in [0.15, 0.2) is 78.9 Å². The molecule has 0 aliphatic heterocycles. The molecule has 0 heterocycles. The summed E-state index contributed by atoms with van der Waals surface area (Å²) in [5, 5.41) is 3.20. The molecule has 1 N–H and O–H groups in total. The molecule has 30 heavy (non-hydrogen) atoms. The first-order chi connectivity index (χ1) is 14.6. The van der Waals surface area contributed by atoms with Gasteiger partial charge in [-0.15, -0.1) is 0 Å². The van der Waals surface area contributed by atoms with Gasteiger partial charge >= 0.3 is 0 Å². The van der Waals surface area contributed by atoms with Gasteiger partial charge in [-0.25, -0.2) is 0 Å². The van der Waals surface area contributed by atoms with Gasteiger partial charge in [0.2, 0.25) is 0 Å². The maximum atomic E-state index is 12.9. The normalized spacial score (nSPS) is 10.2. The van der Waals surface area contributed by atoms with Crippen LogP contribution in [0.4, 0.5) is 0 Å². The maximum Gasteiger partial charge on any atom is 0.257 e. The van der Waals surface area contributed by atoms with Crippen molar-refractivity contribution in [3.05, 3.63) is 95.6 Å². The molecule has 3 rings (SSSR count). The lowest BCUT2D eigenvalue weighted by Gasteiger charge is -2.26. The number of carbonyl (C=O) groups excluding carboxylic acids is 1. The molecule has 0 aromatic heterocycles. The summed E-state index contributed by atoms with van der Waals surface area (Å²) in [6.07, 6.45) is 0. The van der Waals surface area contributed by atoms with Crippen LogP contribution in [0.1, 0.15) is 21.5 Å². The number of nitrogens with one attached hydrogen (secondary N) is 1. The molecule has 5 nitrogen and oxygen atoms in total. The van der Waals surface area contributed by atoms with Gasteiger partial charge in [0.25, 0.3) is 5.91 Å². The number of carbonyl (C=O) groups is 1. The molecule has 0 spiro atoms. The van der Waals surface area contributed by atoms with Crippen LogP contribution >= 0.6 is 12.2 Å². The molecule has 3 aromatic carbocycles. The molecule has 3 aromatic rings. The molecule has 6 heteroatoms. The van der Waals surface area contributed by atoms with Gasteiger partial charge in [-0.1, -0.05) is 60.7 Å². The van der Waals surface area contributed by atoms with Crippen molar-refractivity contribution in [2.75, 3.05) is 14.2 Å². The fourth-order valence-corrected chi connectivity index (χ4v) is 3.22. The van der Waals surface area contributed by atoms with Crippen LogP contribution in [-0.4, -0.2) is 30.1 Å². The number of hydrogen-bond donors (Lipinski definition) is 1. The van der Waals surface area contributed by atoms with E-state index in [0.29, 0.717) is 35.3 Å². The Balaban J connectivity index is 1.79. The predicted molar refractivity (Wildman–Crippen MR) is 122 cm³/mol. The lowest BCUT2D eigenvalue weighted by atomic mass is 10.1. The van der Waals surface area contributed by atoms with Crippen molar-refractivity contribution in [1.29, 1.82) is 0 Å². The highest BCUT2D eigenvalue weighted by molar-refractivity contribution is 7.80. The number of amides is 1. The van der Waals surface area contributed by atoms with Gasteiger partial charge in [0.15, 0.2) is 5.11 Å². The standard InChI is InChI=1S/C24H24N2O3S/c1-28-21-13-20(14-22(15-21)29-2)23(27)25-24(30)26(16-18-9-5-3-6-10-18)17-19-11-7-4-8-12-19/h3-15H,16-17H2,1-2H3,(H,25,27,30). The molecule has 0 unspecified atom stereocenters. The third-order valence-electron chi connectivity index (χ3n) is 4.55. The minimum Gasteiger partial charge on any atom is -0.497 e. The number of rotatable bonds is 7. The van der Waals surface area contributed by atoms with E-state index in [-0.39, 0.29) is 5.91 Å². The van der Waals surface area contributed by atoms with Gasteiger partial charge in [-0.2, -0.15) is 0 Å². The smallest absolute Gasteiger partial charge is 0.257 e. The zero-order chi connectivity index (χ0) is 21.3. The molecule has 0 saturated heterocycles. The molecular weight excluding hydrogens is 396 g/mol. The van der Waals surface area contributed by atoms with Crippen molar-refractivity contribution in [2.24, 2.45) is 0 Å². The molecule has 0 saturated carbocycles. The van der Waals surface area contributed by atoms with Crippen molar-refractivity contribution < 1.29 is 14.3 Å². The van der Waals surface area contributed by atoms with Gasteiger partial charge in [0, 0.05) is 24.7 Å². The zero-order valence-corrected chi connectivity index (χ0v) is 17.8. The highest BCUT2D eigenvalue weighted by Crippen LogP contribution is 2.22. The second-order valence-corrected chi connectivity index (χ2v) is 7.07. The Morgan fingerprint density at radius 3 is 1.73 bits per heavy atom. The first-order valence-corrected chi connectivity index (χ1v) is 9.91. The summed E-state index contributed by atoms with van der Waals surface area (Å²) in [4.78, 5) is 14.8. The second kappa shape index (κ2) is 10.4. The summed E-state index contributed by atoms with van der Waals surface area (Å²) in [5.41, 5.74) is 2.62. The summed E-state index contributed by atoms with van der Waals surface area (Å²) in [6.45, 7) is 1.16. The minimum absolute atomic E-state index is 0.316. The molecule has 1 amide bonds. The quantitative estimate of drug-likeness (QED) is 0.574. The molecule has 0 aliphatic carbocycles. The first-order valence-electron chi connectivity index (χ1n) is 9.50. The number of hydrogen-bond acceptors (Lipinski definition) is 4. The van der Waals surface area contributed by atoms with Gasteiger partial charge in [0.1, 0.15) is 11.5 Å². The monoisotopic (exact) mass is 420 g/mol. The number of benzene rings is 3. The fraction of sp³-hybridized carbons (Fsp3) is 0.167. The molecule has 0 atom stereocenters. The Morgan fingerprint density at radius 1 is 0.833 bits per heavy atom. The number of ether oxygens (including phenoxy) is 2. The van der Waals surface area contributed by atoms with Crippen molar-refractivity contribution in [3.63, 3.8) is 0 Å². The Labute approximate surface area is 182 Å². The Morgan fingerprint density at radius 2 is 1.30 bits per heavy atom. The lowest BCUT2D eigenvalue weighted by Crippen LogP contribution is -2.42. The maximum absolute atomic E-state index is 12.9. The molecular formula is C24H24N2O3S. The van der Waals surface area contributed by atoms with E-state index in [1.807, 2.05) is 65.6 Å². The van der Waals surface area contributed by atoms with Crippen LogP contribution in [-0.2, 0) is 13.1 Å². The van der Waals surface area contributed by atoms with Crippen LogP contribution < -0.4 is 14.8 Å². The first kappa shape index (κ1) is 21.3. The Hall–Kier alpha value is -3.38. The van der Waals surface area contributed by atoms with E-state index < -0.39 is 0 Å². The molecule has 0 radical (unpaired) electrons. The fourth-order valence-electron chi connectivity index (χ4n) is 2.99. The third-order valence-corrected chi connectivity index (χ3v) is 4.91. The van der Waals surface area contributed by atoms with Crippen molar-refractivity contribution in [3.8, 4) is 11.5 Å². The van der Waals surface area contributed by atoms with Crippen LogP contribution in [0, 0.1) is 0 Å². The molecule has 154 valence electrons. The molecule has 0 aliphatic rings. The predicted octanol–water partition coefficient (Wildman–Crippen LogP) is 4.42. The summed E-state index contributed by atoms with van der Waals surface area (Å²) in [5.74, 6) is 0.759. The Bertz CT molecular complexity index is 930. The SMILES string of the molecule is COc1cc(OC)cc(C(=O)NC(=S)N(Cc2ccccc2)Cc2ccccc2)c1. The number of nitrogens with zero attached hydrogens (tertiary/aromatic N) is 1. The van der Waals surface area contributed by atoms with Crippen molar-refractivity contribution >= 4 is 23.2 Å². The number of thiocarbonyl (C=S) groups is 1.